The number of morpholine rings is 1. The van der Waals surface area contributed by atoms with Crippen molar-refractivity contribution in [2.75, 3.05) is 45.9 Å². The number of hydrogen-bond acceptors (Lipinski definition) is 3. The maximum atomic E-state index is 12.9. The highest BCUT2D eigenvalue weighted by Gasteiger charge is 2.30. The molecule has 0 aromatic heterocycles. The van der Waals surface area contributed by atoms with Gasteiger partial charge in [0.05, 0.1) is 24.8 Å². The average Bonchev–Trinajstić information content (AvgIpc) is 2.66. The van der Waals surface area contributed by atoms with E-state index in [1.807, 2.05) is 13.8 Å². The van der Waals surface area contributed by atoms with Gasteiger partial charge in [-0.1, -0.05) is 19.1 Å². The third-order valence-corrected chi connectivity index (χ3v) is 4.65. The lowest BCUT2D eigenvalue weighted by atomic mass is 10.1. The monoisotopic (exact) mass is 528 g/mol. The summed E-state index contributed by atoms with van der Waals surface area (Å²) in [6.07, 6.45) is -4.34. The Labute approximate surface area is 188 Å². The van der Waals surface area contributed by atoms with Crippen LogP contribution in [0, 0.1) is 5.92 Å². The molecule has 0 radical (unpaired) electrons. The Bertz CT molecular complexity index is 636. The van der Waals surface area contributed by atoms with Crippen molar-refractivity contribution in [3.63, 3.8) is 0 Å². The fourth-order valence-corrected chi connectivity index (χ4v) is 3.12. The summed E-state index contributed by atoms with van der Waals surface area (Å²) in [5.41, 5.74) is -0.0680. The highest BCUT2D eigenvalue weighted by atomic mass is 127. The zero-order chi connectivity index (χ0) is 20.6. The maximum Gasteiger partial charge on any atom is 0.416 e. The first-order valence-corrected chi connectivity index (χ1v) is 9.81. The van der Waals surface area contributed by atoms with Crippen LogP contribution in [0.5, 0.6) is 0 Å². The van der Waals surface area contributed by atoms with Gasteiger partial charge in [-0.15, -0.1) is 24.0 Å². The molecule has 0 amide bonds. The molecule has 2 N–H and O–H groups in total. The number of benzene rings is 1. The molecule has 0 aliphatic carbocycles. The van der Waals surface area contributed by atoms with Crippen LogP contribution in [0.1, 0.15) is 37.9 Å². The van der Waals surface area contributed by atoms with Crippen molar-refractivity contribution < 1.29 is 17.9 Å². The summed E-state index contributed by atoms with van der Waals surface area (Å²) in [7, 11) is 0. The highest BCUT2D eigenvalue weighted by molar-refractivity contribution is 14.0. The van der Waals surface area contributed by atoms with Gasteiger partial charge in [0.15, 0.2) is 5.96 Å². The van der Waals surface area contributed by atoms with E-state index in [4.69, 9.17) is 4.74 Å². The van der Waals surface area contributed by atoms with E-state index in [1.165, 1.54) is 12.1 Å². The lowest BCUT2D eigenvalue weighted by Crippen LogP contribution is -2.41. The molecule has 2 atom stereocenters. The van der Waals surface area contributed by atoms with Crippen molar-refractivity contribution in [2.45, 2.75) is 33.0 Å². The number of nitrogens with zero attached hydrogens (tertiary/aromatic N) is 2. The topological polar surface area (TPSA) is 48.9 Å². The number of rotatable bonds is 7. The molecule has 0 spiro atoms. The number of alkyl halides is 3. The Balaban J connectivity index is 0.00000420. The minimum Gasteiger partial charge on any atom is -0.379 e. The van der Waals surface area contributed by atoms with Crippen LogP contribution in [0.4, 0.5) is 13.2 Å². The van der Waals surface area contributed by atoms with Crippen LogP contribution in [0.15, 0.2) is 29.3 Å². The third kappa shape index (κ3) is 9.08. The van der Waals surface area contributed by atoms with E-state index in [-0.39, 0.29) is 30.0 Å². The summed E-state index contributed by atoms with van der Waals surface area (Å²) in [6, 6.07) is 5.10. The number of nitrogens with one attached hydrogen (secondary N) is 2. The van der Waals surface area contributed by atoms with Crippen molar-refractivity contribution in [3.05, 3.63) is 35.4 Å². The average molecular weight is 528 g/mol. The first-order chi connectivity index (χ1) is 13.3. The van der Waals surface area contributed by atoms with E-state index < -0.39 is 11.7 Å². The molecule has 9 heteroatoms. The largest absolute Gasteiger partial charge is 0.416 e. The summed E-state index contributed by atoms with van der Waals surface area (Å²) >= 11 is 0. The van der Waals surface area contributed by atoms with Crippen molar-refractivity contribution in [1.82, 2.24) is 15.5 Å². The second-order valence-electron chi connectivity index (χ2n) is 7.23. The summed E-state index contributed by atoms with van der Waals surface area (Å²) in [5.74, 6) is 0.985. The van der Waals surface area contributed by atoms with Gasteiger partial charge < -0.3 is 15.4 Å². The summed E-state index contributed by atoms with van der Waals surface area (Å²) in [4.78, 5) is 7.00. The third-order valence-electron chi connectivity index (χ3n) is 4.65. The lowest BCUT2D eigenvalue weighted by Gasteiger charge is -2.28. The number of halogens is 4. The van der Waals surface area contributed by atoms with Crippen molar-refractivity contribution in [1.29, 1.82) is 0 Å². The number of ether oxygens (including phenoxy) is 1. The van der Waals surface area contributed by atoms with Crippen molar-refractivity contribution >= 4 is 29.9 Å². The van der Waals surface area contributed by atoms with Gasteiger partial charge >= 0.3 is 6.18 Å². The molecule has 166 valence electrons. The van der Waals surface area contributed by atoms with Gasteiger partial charge in [0.2, 0.25) is 0 Å². The van der Waals surface area contributed by atoms with Gasteiger partial charge in [0, 0.05) is 32.7 Å². The second kappa shape index (κ2) is 12.6. The Morgan fingerprint density at radius 1 is 1.24 bits per heavy atom. The van der Waals surface area contributed by atoms with Crippen LogP contribution in [0.3, 0.4) is 0 Å². The Hall–Kier alpha value is -1.07. The SMILES string of the molecule is CCNC(=NCC(C)CN1CCOCC1)NC(C)c1cccc(C(F)(F)F)c1.I. The lowest BCUT2D eigenvalue weighted by molar-refractivity contribution is -0.137. The molecule has 0 bridgehead atoms. The van der Waals surface area contributed by atoms with Gasteiger partial charge in [-0.3, -0.25) is 9.89 Å². The molecule has 1 aromatic rings. The number of guanidine groups is 1. The van der Waals surface area contributed by atoms with Crippen LogP contribution >= 0.6 is 24.0 Å². The van der Waals surface area contributed by atoms with Gasteiger partial charge in [0.25, 0.3) is 0 Å². The summed E-state index contributed by atoms with van der Waals surface area (Å²) < 4.78 is 44.2. The molecule has 2 unspecified atom stereocenters. The molecule has 1 saturated heterocycles. The predicted molar refractivity (Wildman–Crippen MR) is 121 cm³/mol. The van der Waals surface area contributed by atoms with Crippen LogP contribution in [0.2, 0.25) is 0 Å². The number of hydrogen-bond donors (Lipinski definition) is 2. The second-order valence-corrected chi connectivity index (χ2v) is 7.23. The van der Waals surface area contributed by atoms with Gasteiger partial charge in [-0.2, -0.15) is 13.2 Å². The van der Waals surface area contributed by atoms with Gasteiger partial charge in [0.1, 0.15) is 0 Å². The predicted octanol–water partition coefficient (Wildman–Crippen LogP) is 3.91. The normalized spacial score (nSPS) is 17.9. The minimum atomic E-state index is -4.34. The zero-order valence-electron chi connectivity index (χ0n) is 17.3. The standard InChI is InChI=1S/C20H31F3N4O.HI/c1-4-24-19(25-13-15(2)14-27-8-10-28-11-9-27)26-16(3)17-6-5-7-18(12-17)20(21,22)23;/h5-7,12,15-16H,4,8-11,13-14H2,1-3H3,(H2,24,25,26);1H. The molecular weight excluding hydrogens is 496 g/mol. The van der Waals surface area contributed by atoms with Crippen LogP contribution in [0.25, 0.3) is 0 Å². The summed E-state index contributed by atoms with van der Waals surface area (Å²) in [6.45, 7) is 11.7. The van der Waals surface area contributed by atoms with Crippen molar-refractivity contribution in [2.24, 2.45) is 10.9 Å². The van der Waals surface area contributed by atoms with E-state index in [9.17, 15) is 13.2 Å². The molecule has 1 aliphatic rings. The molecule has 29 heavy (non-hydrogen) atoms. The van der Waals surface area contributed by atoms with E-state index in [2.05, 4.69) is 27.4 Å². The van der Waals surface area contributed by atoms with E-state index in [0.29, 0.717) is 30.5 Å². The fourth-order valence-electron chi connectivity index (χ4n) is 3.12. The minimum absolute atomic E-state index is 0. The molecule has 1 heterocycles. The van der Waals surface area contributed by atoms with Gasteiger partial charge in [-0.25, -0.2) is 0 Å². The van der Waals surface area contributed by atoms with E-state index in [1.54, 1.807) is 6.07 Å². The molecule has 1 aliphatic heterocycles. The Morgan fingerprint density at radius 3 is 2.55 bits per heavy atom. The van der Waals surface area contributed by atoms with Gasteiger partial charge in [-0.05, 0) is 37.5 Å². The molecule has 1 fully saturated rings. The Kier molecular flexibility index (Phi) is 11.3. The first kappa shape index (κ1) is 26.0. The number of aliphatic imine (C=N–C) groups is 1. The molecule has 2 rings (SSSR count). The Morgan fingerprint density at radius 2 is 1.93 bits per heavy atom. The fraction of sp³-hybridized carbons (Fsp3) is 0.650. The van der Waals surface area contributed by atoms with E-state index >= 15 is 0 Å². The first-order valence-electron chi connectivity index (χ1n) is 9.81. The van der Waals surface area contributed by atoms with Crippen LogP contribution < -0.4 is 10.6 Å². The highest BCUT2D eigenvalue weighted by Crippen LogP contribution is 2.30. The van der Waals surface area contributed by atoms with Crippen LogP contribution in [-0.2, 0) is 10.9 Å². The smallest absolute Gasteiger partial charge is 0.379 e. The van der Waals surface area contributed by atoms with Crippen LogP contribution in [-0.4, -0.2) is 56.8 Å². The zero-order valence-corrected chi connectivity index (χ0v) is 19.6. The molecule has 1 aromatic carbocycles. The molecule has 0 saturated carbocycles. The van der Waals surface area contributed by atoms with Crippen molar-refractivity contribution in [3.8, 4) is 0 Å². The van der Waals surface area contributed by atoms with E-state index in [0.717, 1.165) is 38.9 Å². The maximum absolute atomic E-state index is 12.9. The summed E-state index contributed by atoms with van der Waals surface area (Å²) in [5, 5.41) is 6.38. The quantitative estimate of drug-likeness (QED) is 0.320. The molecular formula is C20H32F3IN4O. The molecule has 5 nitrogen and oxygen atoms in total.